The van der Waals surface area contributed by atoms with Gasteiger partial charge in [-0.05, 0) is 29.3 Å². The van der Waals surface area contributed by atoms with Gasteiger partial charge >= 0.3 is 5.97 Å². The predicted octanol–water partition coefficient (Wildman–Crippen LogP) is 3.37. The van der Waals surface area contributed by atoms with E-state index in [1.807, 2.05) is 50.2 Å². The molecule has 7 heteroatoms. The molecule has 1 unspecified atom stereocenters. The number of ether oxygens (including phenoxy) is 4. The van der Waals surface area contributed by atoms with Gasteiger partial charge in [0.25, 0.3) is 8.32 Å². The molecule has 2 aliphatic heterocycles. The first-order chi connectivity index (χ1) is 15.5. The second-order valence-electron chi connectivity index (χ2n) is 10.3. The molecular weight excluding hydrogens is 436 g/mol. The molecule has 0 aliphatic carbocycles. The normalized spacial score (nSPS) is 26.7. The van der Waals surface area contributed by atoms with Crippen LogP contribution in [0.2, 0.25) is 5.04 Å². The van der Waals surface area contributed by atoms with Crippen molar-refractivity contribution in [3.8, 4) is 0 Å². The van der Waals surface area contributed by atoms with Crippen molar-refractivity contribution < 1.29 is 28.2 Å². The minimum absolute atomic E-state index is 0.0487. The Morgan fingerprint density at radius 3 is 1.97 bits per heavy atom. The van der Waals surface area contributed by atoms with E-state index in [9.17, 15) is 4.79 Å². The number of carbonyl (C=O) groups is 1. The number of methoxy groups -OCH3 is 1. The Bertz CT molecular complexity index is 914. The maximum Gasteiger partial charge on any atom is 0.340 e. The molecule has 0 bridgehead atoms. The lowest BCUT2D eigenvalue weighted by Crippen LogP contribution is -2.68. The van der Waals surface area contributed by atoms with Gasteiger partial charge in [0.15, 0.2) is 17.7 Å². The smallest absolute Gasteiger partial charge is 0.340 e. The van der Waals surface area contributed by atoms with Gasteiger partial charge in [-0.1, -0.05) is 81.4 Å². The first-order valence-corrected chi connectivity index (χ1v) is 13.3. The van der Waals surface area contributed by atoms with Gasteiger partial charge < -0.3 is 23.4 Å². The zero-order chi connectivity index (χ0) is 23.9. The highest BCUT2D eigenvalue weighted by atomic mass is 28.4. The van der Waals surface area contributed by atoms with Crippen LogP contribution >= 0.6 is 0 Å². The van der Waals surface area contributed by atoms with Crippen LogP contribution in [0.5, 0.6) is 0 Å². The molecule has 0 spiro atoms. The minimum Gasteiger partial charge on any atom is -0.467 e. The number of hydrogen-bond donors (Lipinski definition) is 0. The summed E-state index contributed by atoms with van der Waals surface area (Å²) in [6.45, 7) is 10.3. The van der Waals surface area contributed by atoms with E-state index in [4.69, 9.17) is 23.4 Å². The summed E-state index contributed by atoms with van der Waals surface area (Å²) in [4.78, 5) is 13.0. The van der Waals surface area contributed by atoms with Crippen LogP contribution in [-0.4, -0.2) is 51.8 Å². The van der Waals surface area contributed by atoms with Gasteiger partial charge in [-0.3, -0.25) is 0 Å². The molecule has 2 saturated heterocycles. The molecular formula is C26H34O6Si. The summed E-state index contributed by atoms with van der Waals surface area (Å²) in [5.74, 6) is -1.23. The third kappa shape index (κ3) is 4.28. The zero-order valence-electron chi connectivity index (χ0n) is 20.3. The highest BCUT2D eigenvalue weighted by Gasteiger charge is 2.61. The minimum atomic E-state index is -2.86. The molecule has 2 aromatic carbocycles. The number of fused-ring (bicyclic) bond motifs is 1. The maximum atomic E-state index is 13.0. The van der Waals surface area contributed by atoms with Crippen LogP contribution in [0.4, 0.5) is 0 Å². The van der Waals surface area contributed by atoms with E-state index in [1.54, 1.807) is 0 Å². The van der Waals surface area contributed by atoms with E-state index in [1.165, 1.54) is 7.11 Å². The molecule has 3 atom stereocenters. The van der Waals surface area contributed by atoms with Crippen LogP contribution < -0.4 is 10.4 Å². The Kier molecular flexibility index (Phi) is 6.31. The Morgan fingerprint density at radius 1 is 0.970 bits per heavy atom. The number of hydrogen-bond acceptors (Lipinski definition) is 6. The van der Waals surface area contributed by atoms with E-state index < -0.39 is 32.0 Å². The van der Waals surface area contributed by atoms with Crippen molar-refractivity contribution in [3.05, 3.63) is 60.7 Å². The first-order valence-electron chi connectivity index (χ1n) is 11.4. The van der Waals surface area contributed by atoms with Crippen molar-refractivity contribution in [1.82, 2.24) is 0 Å². The summed E-state index contributed by atoms with van der Waals surface area (Å²) in [5, 5.41) is 2.04. The highest BCUT2D eigenvalue weighted by Crippen LogP contribution is 2.44. The van der Waals surface area contributed by atoms with Gasteiger partial charge in [-0.2, -0.15) is 0 Å². The Labute approximate surface area is 197 Å². The standard InChI is InChI=1S/C26H34O6Si/c1-24(2,3)33(19-13-9-7-10-14-19,20-15-11-8-12-16-20)29-18-26(23(27)28-6)17-21-22(32-26)31-25(4,5)30-21/h7-16,21-22H,17-18H2,1-6H3/t21-,22+,26?/m1/s1. The monoisotopic (exact) mass is 470 g/mol. The summed E-state index contributed by atoms with van der Waals surface area (Å²) >= 11 is 0. The Hall–Kier alpha value is -2.03. The van der Waals surface area contributed by atoms with E-state index in [0.717, 1.165) is 10.4 Å². The molecule has 6 nitrogen and oxygen atoms in total. The maximum absolute atomic E-state index is 13.0. The Morgan fingerprint density at radius 2 is 1.52 bits per heavy atom. The Balaban J connectivity index is 1.74. The summed E-state index contributed by atoms with van der Waals surface area (Å²) in [7, 11) is -1.49. The molecule has 178 valence electrons. The van der Waals surface area contributed by atoms with Crippen molar-refractivity contribution in [2.24, 2.45) is 0 Å². The number of rotatable bonds is 6. The average molecular weight is 471 g/mol. The highest BCUT2D eigenvalue weighted by molar-refractivity contribution is 6.99. The summed E-state index contributed by atoms with van der Waals surface area (Å²) in [5.41, 5.74) is -1.30. The average Bonchev–Trinajstić information content (AvgIpc) is 3.24. The van der Waals surface area contributed by atoms with Crippen molar-refractivity contribution >= 4 is 24.7 Å². The number of carbonyl (C=O) groups excluding carboxylic acids is 1. The van der Waals surface area contributed by atoms with Crippen molar-refractivity contribution in [3.63, 3.8) is 0 Å². The quantitative estimate of drug-likeness (QED) is 0.477. The van der Waals surface area contributed by atoms with Gasteiger partial charge in [0.2, 0.25) is 0 Å². The van der Waals surface area contributed by atoms with Crippen molar-refractivity contribution in [2.45, 2.75) is 69.9 Å². The molecule has 0 N–H and O–H groups in total. The van der Waals surface area contributed by atoms with Crippen molar-refractivity contribution in [1.29, 1.82) is 0 Å². The summed E-state index contributed by atoms with van der Waals surface area (Å²) < 4.78 is 30.3. The zero-order valence-corrected chi connectivity index (χ0v) is 21.3. The predicted molar refractivity (Wildman–Crippen MR) is 128 cm³/mol. The van der Waals surface area contributed by atoms with Gasteiger partial charge in [0.1, 0.15) is 6.10 Å². The van der Waals surface area contributed by atoms with E-state index in [-0.39, 0.29) is 17.7 Å². The van der Waals surface area contributed by atoms with E-state index in [0.29, 0.717) is 6.42 Å². The lowest BCUT2D eigenvalue weighted by molar-refractivity contribution is -0.234. The molecule has 0 amide bonds. The second kappa shape index (κ2) is 8.63. The summed E-state index contributed by atoms with van der Waals surface area (Å²) in [6, 6.07) is 20.6. The third-order valence-electron chi connectivity index (χ3n) is 6.51. The molecule has 0 radical (unpaired) electrons. The topological polar surface area (TPSA) is 63.2 Å². The molecule has 0 saturated carbocycles. The molecule has 2 aliphatic rings. The molecule has 2 fully saturated rings. The van der Waals surface area contributed by atoms with Crippen LogP contribution in [0.15, 0.2) is 60.7 Å². The number of esters is 1. The van der Waals surface area contributed by atoms with Gasteiger partial charge in [0, 0.05) is 6.42 Å². The molecule has 33 heavy (non-hydrogen) atoms. The van der Waals surface area contributed by atoms with E-state index in [2.05, 4.69) is 45.0 Å². The van der Waals surface area contributed by atoms with Crippen LogP contribution in [-0.2, 0) is 28.2 Å². The van der Waals surface area contributed by atoms with Gasteiger partial charge in [-0.15, -0.1) is 0 Å². The number of benzene rings is 2. The SMILES string of the molecule is COC(=O)C1(CO[Si](c2ccccc2)(c2ccccc2)C(C)(C)C)C[C@H]2OC(C)(C)O[C@H]2O1. The van der Waals surface area contributed by atoms with Crippen LogP contribution in [0, 0.1) is 0 Å². The lowest BCUT2D eigenvalue weighted by atomic mass is 10.0. The first kappa shape index (κ1) is 24.1. The second-order valence-corrected chi connectivity index (χ2v) is 14.6. The third-order valence-corrected chi connectivity index (χ3v) is 11.5. The molecule has 2 heterocycles. The van der Waals surface area contributed by atoms with Gasteiger partial charge in [-0.25, -0.2) is 4.79 Å². The fraction of sp³-hybridized carbons (Fsp3) is 0.500. The lowest BCUT2D eigenvalue weighted by Gasteiger charge is -2.44. The van der Waals surface area contributed by atoms with Crippen LogP contribution in [0.25, 0.3) is 0 Å². The largest absolute Gasteiger partial charge is 0.467 e. The molecule has 4 rings (SSSR count). The fourth-order valence-electron chi connectivity index (χ4n) is 5.09. The molecule has 2 aromatic rings. The summed E-state index contributed by atoms with van der Waals surface area (Å²) in [6.07, 6.45) is -0.685. The fourth-order valence-corrected chi connectivity index (χ4v) is 9.70. The van der Waals surface area contributed by atoms with Crippen LogP contribution in [0.3, 0.4) is 0 Å². The van der Waals surface area contributed by atoms with Crippen molar-refractivity contribution in [2.75, 3.05) is 13.7 Å². The van der Waals surface area contributed by atoms with Gasteiger partial charge in [0.05, 0.1) is 13.7 Å². The van der Waals surface area contributed by atoms with Crippen LogP contribution in [0.1, 0.15) is 41.0 Å². The van der Waals surface area contributed by atoms with E-state index >= 15 is 0 Å². The molecule has 0 aromatic heterocycles.